The van der Waals surface area contributed by atoms with Crippen molar-refractivity contribution >= 4 is 23.5 Å². The van der Waals surface area contributed by atoms with Gasteiger partial charge in [-0.3, -0.25) is 14.6 Å². The summed E-state index contributed by atoms with van der Waals surface area (Å²) in [6.07, 6.45) is 6.91. The molecule has 0 aliphatic carbocycles. The highest BCUT2D eigenvalue weighted by atomic mass is 16.2. The Morgan fingerprint density at radius 1 is 1.13 bits per heavy atom. The first kappa shape index (κ1) is 20.5. The number of nitrogens with zero attached hydrogens (tertiary/aromatic N) is 3. The number of amides is 1. The fourth-order valence-corrected chi connectivity index (χ4v) is 3.71. The molecule has 0 atom stereocenters. The minimum atomic E-state index is -0.367. The van der Waals surface area contributed by atoms with Gasteiger partial charge in [0.2, 0.25) is 0 Å². The molecule has 0 saturated carbocycles. The van der Waals surface area contributed by atoms with E-state index in [2.05, 4.69) is 25.2 Å². The van der Waals surface area contributed by atoms with E-state index in [1.807, 2.05) is 30.3 Å². The summed E-state index contributed by atoms with van der Waals surface area (Å²) >= 11 is 0. The first-order valence-electron chi connectivity index (χ1n) is 10.4. The van der Waals surface area contributed by atoms with Crippen molar-refractivity contribution in [3.63, 3.8) is 0 Å². The molecule has 1 amide bonds. The second kappa shape index (κ2) is 9.38. The quantitative estimate of drug-likeness (QED) is 0.622. The molecule has 2 aromatic heterocycles. The van der Waals surface area contributed by atoms with Crippen LogP contribution in [0, 0.1) is 0 Å². The lowest BCUT2D eigenvalue weighted by atomic mass is 10.1. The van der Waals surface area contributed by atoms with E-state index in [9.17, 15) is 9.59 Å². The Kier molecular flexibility index (Phi) is 6.21. The van der Waals surface area contributed by atoms with Crippen LogP contribution in [0.3, 0.4) is 0 Å². The number of nitrogens with one attached hydrogen (secondary N) is 2. The van der Waals surface area contributed by atoms with Gasteiger partial charge in [0, 0.05) is 49.4 Å². The van der Waals surface area contributed by atoms with E-state index < -0.39 is 0 Å². The predicted molar refractivity (Wildman–Crippen MR) is 124 cm³/mol. The van der Waals surface area contributed by atoms with Crippen molar-refractivity contribution in [3.8, 4) is 11.3 Å². The molecule has 0 bridgehead atoms. The van der Waals surface area contributed by atoms with Crippen LogP contribution in [0.4, 0.5) is 11.4 Å². The normalized spacial score (nSPS) is 14.0. The molecule has 2 N–H and O–H groups in total. The molecule has 1 aliphatic heterocycles. The van der Waals surface area contributed by atoms with Gasteiger partial charge < -0.3 is 15.2 Å². The van der Waals surface area contributed by atoms with Crippen LogP contribution in [0.2, 0.25) is 0 Å². The minimum Gasteiger partial charge on any atom is -0.372 e. The van der Waals surface area contributed by atoms with Gasteiger partial charge in [0.05, 0.1) is 11.4 Å². The number of aliphatic imine (C=N–C) groups is 1. The topological polar surface area (TPSA) is 90.4 Å². The molecule has 158 valence electrons. The highest BCUT2D eigenvalue weighted by molar-refractivity contribution is 6.04. The van der Waals surface area contributed by atoms with Crippen LogP contribution in [0.25, 0.3) is 11.3 Å². The molecule has 3 aromatic rings. The first-order valence-corrected chi connectivity index (χ1v) is 10.4. The lowest BCUT2D eigenvalue weighted by molar-refractivity contribution is 0.102. The summed E-state index contributed by atoms with van der Waals surface area (Å²) < 4.78 is 0. The number of pyridine rings is 2. The van der Waals surface area contributed by atoms with E-state index in [0.717, 1.165) is 18.8 Å². The standard InChI is InChI=1S/C24H25N5O2/c1-25-16-19-6-5-7-21(27-19)18-14-22(24(31)26-15-18)28-23(30)17-8-10-20(11-9-17)29-12-3-2-4-13-29/h5-11,14-16H,2-4,12-13H2,1H3,(H,26,31)(H,28,30). The van der Waals surface area contributed by atoms with E-state index >= 15 is 0 Å². The van der Waals surface area contributed by atoms with Crippen LogP contribution in [-0.2, 0) is 0 Å². The van der Waals surface area contributed by atoms with E-state index in [1.165, 1.54) is 19.3 Å². The number of anilines is 2. The van der Waals surface area contributed by atoms with Gasteiger partial charge in [-0.05, 0) is 61.7 Å². The maximum Gasteiger partial charge on any atom is 0.271 e. The van der Waals surface area contributed by atoms with Gasteiger partial charge in [-0.25, -0.2) is 4.98 Å². The molecule has 3 heterocycles. The monoisotopic (exact) mass is 415 g/mol. The lowest BCUT2D eigenvalue weighted by Crippen LogP contribution is -2.29. The van der Waals surface area contributed by atoms with Crippen LogP contribution >= 0.6 is 0 Å². The number of carbonyl (C=O) groups excluding carboxylic acids is 1. The van der Waals surface area contributed by atoms with Gasteiger partial charge >= 0.3 is 0 Å². The summed E-state index contributed by atoms with van der Waals surface area (Å²) in [6, 6.07) is 14.7. The number of benzene rings is 1. The molecule has 7 heteroatoms. The Hall–Kier alpha value is -3.74. The van der Waals surface area contributed by atoms with Crippen molar-refractivity contribution in [2.75, 3.05) is 30.4 Å². The molecule has 7 nitrogen and oxygen atoms in total. The molecule has 0 spiro atoms. The number of aromatic amines is 1. The zero-order chi connectivity index (χ0) is 21.6. The van der Waals surface area contributed by atoms with E-state index in [4.69, 9.17) is 0 Å². The van der Waals surface area contributed by atoms with Gasteiger partial charge in [-0.15, -0.1) is 0 Å². The molecule has 1 fully saturated rings. The van der Waals surface area contributed by atoms with Crippen LogP contribution < -0.4 is 15.8 Å². The molecule has 4 rings (SSSR count). The average molecular weight is 415 g/mol. The number of rotatable bonds is 5. The number of piperidine rings is 1. The smallest absolute Gasteiger partial charge is 0.271 e. The van der Waals surface area contributed by atoms with Crippen molar-refractivity contribution in [3.05, 3.63) is 76.3 Å². The maximum absolute atomic E-state index is 12.7. The molecule has 1 aromatic carbocycles. The average Bonchev–Trinajstić information content (AvgIpc) is 2.81. The van der Waals surface area contributed by atoms with E-state index in [1.54, 1.807) is 37.7 Å². The third kappa shape index (κ3) is 4.88. The molecule has 1 saturated heterocycles. The highest BCUT2D eigenvalue weighted by Crippen LogP contribution is 2.21. The number of hydrogen-bond acceptors (Lipinski definition) is 5. The third-order valence-electron chi connectivity index (χ3n) is 5.33. The second-order valence-corrected chi connectivity index (χ2v) is 7.51. The van der Waals surface area contributed by atoms with Gasteiger partial charge in [0.15, 0.2) is 0 Å². The van der Waals surface area contributed by atoms with Crippen LogP contribution in [0.5, 0.6) is 0 Å². The van der Waals surface area contributed by atoms with Crippen LogP contribution in [0.1, 0.15) is 35.3 Å². The Labute approximate surface area is 180 Å². The molecular weight excluding hydrogens is 390 g/mol. The van der Waals surface area contributed by atoms with Gasteiger partial charge in [0.25, 0.3) is 11.5 Å². The fraction of sp³-hybridized carbons (Fsp3) is 0.250. The Bertz CT molecular complexity index is 1150. The molecule has 1 aliphatic rings. The van der Waals surface area contributed by atoms with Gasteiger partial charge in [0.1, 0.15) is 5.69 Å². The van der Waals surface area contributed by atoms with Crippen molar-refractivity contribution < 1.29 is 4.79 Å². The van der Waals surface area contributed by atoms with Crippen molar-refractivity contribution in [2.45, 2.75) is 19.3 Å². The number of H-pyrrole nitrogens is 1. The SMILES string of the molecule is CN=Cc1cccc(-c2c[nH]c(=O)c(NC(=O)c3ccc(N4CCCCC4)cc3)c2)n1. The summed E-state index contributed by atoms with van der Waals surface area (Å²) in [5.41, 5.74) is 3.53. The number of hydrogen-bond donors (Lipinski definition) is 2. The molecular formula is C24H25N5O2. The summed E-state index contributed by atoms with van der Waals surface area (Å²) in [5, 5.41) is 2.73. The van der Waals surface area contributed by atoms with Gasteiger partial charge in [-0.1, -0.05) is 6.07 Å². The summed E-state index contributed by atoms with van der Waals surface area (Å²) in [7, 11) is 1.68. The van der Waals surface area contributed by atoms with Crippen molar-refractivity contribution in [1.82, 2.24) is 9.97 Å². The maximum atomic E-state index is 12.7. The van der Waals surface area contributed by atoms with Crippen molar-refractivity contribution in [2.24, 2.45) is 4.99 Å². The first-order chi connectivity index (χ1) is 15.1. The number of aromatic nitrogens is 2. The van der Waals surface area contributed by atoms with Gasteiger partial charge in [-0.2, -0.15) is 0 Å². The second-order valence-electron chi connectivity index (χ2n) is 7.51. The third-order valence-corrected chi connectivity index (χ3v) is 5.33. The zero-order valence-corrected chi connectivity index (χ0v) is 17.5. The molecule has 31 heavy (non-hydrogen) atoms. The summed E-state index contributed by atoms with van der Waals surface area (Å²) in [5.74, 6) is -0.326. The molecule has 0 radical (unpaired) electrons. The predicted octanol–water partition coefficient (Wildman–Crippen LogP) is 3.73. The zero-order valence-electron chi connectivity index (χ0n) is 17.5. The largest absolute Gasteiger partial charge is 0.372 e. The van der Waals surface area contributed by atoms with Crippen molar-refractivity contribution in [1.29, 1.82) is 0 Å². The minimum absolute atomic E-state index is 0.180. The van der Waals surface area contributed by atoms with E-state index in [0.29, 0.717) is 22.5 Å². The Morgan fingerprint density at radius 2 is 1.90 bits per heavy atom. The summed E-state index contributed by atoms with van der Waals surface area (Å²) in [6.45, 7) is 2.10. The highest BCUT2D eigenvalue weighted by Gasteiger charge is 2.14. The number of carbonyl (C=O) groups is 1. The van der Waals surface area contributed by atoms with E-state index in [-0.39, 0.29) is 17.2 Å². The lowest BCUT2D eigenvalue weighted by Gasteiger charge is -2.28. The molecule has 0 unspecified atom stereocenters. The Balaban J connectivity index is 1.52. The Morgan fingerprint density at radius 3 is 2.65 bits per heavy atom. The van der Waals surface area contributed by atoms with Crippen LogP contribution in [-0.4, -0.2) is 42.2 Å². The summed E-state index contributed by atoms with van der Waals surface area (Å²) in [4.78, 5) is 38.5. The fourth-order valence-electron chi connectivity index (χ4n) is 3.71. The van der Waals surface area contributed by atoms with Crippen LogP contribution in [0.15, 0.2) is 64.5 Å².